The monoisotopic (exact) mass is 336 g/mol. The number of hydrogen-bond acceptors (Lipinski definition) is 1. The van der Waals surface area contributed by atoms with E-state index in [0.29, 0.717) is 5.56 Å². The van der Waals surface area contributed by atoms with Gasteiger partial charge in [0.05, 0.1) is 5.56 Å². The van der Waals surface area contributed by atoms with Gasteiger partial charge in [-0.1, -0.05) is 58.0 Å². The Bertz CT molecular complexity index is 782. The summed E-state index contributed by atoms with van der Waals surface area (Å²) in [5.41, 5.74) is 6.40. The highest BCUT2D eigenvalue weighted by molar-refractivity contribution is 5.87. The molecule has 0 spiro atoms. The number of hydrogen-bond donors (Lipinski definition) is 1. The molecule has 2 heteroatoms. The molecular weight excluding hydrogens is 308 g/mol. The van der Waals surface area contributed by atoms with Crippen molar-refractivity contribution in [2.45, 2.75) is 64.2 Å². The molecule has 2 aromatic rings. The predicted octanol–water partition coefficient (Wildman–Crippen LogP) is 5.52. The first-order chi connectivity index (χ1) is 11.7. The van der Waals surface area contributed by atoms with Gasteiger partial charge in [0, 0.05) is 0 Å². The molecule has 0 aliphatic heterocycles. The second-order valence-corrected chi connectivity index (χ2v) is 8.65. The van der Waals surface area contributed by atoms with Crippen molar-refractivity contribution >= 4 is 5.97 Å². The van der Waals surface area contributed by atoms with Gasteiger partial charge in [0.1, 0.15) is 0 Å². The SMILES string of the molecule is CC1(C)CCC(C)(C)c2cc(CCc3ccc(C(=O)O)cc3)ccc21. The van der Waals surface area contributed by atoms with E-state index in [1.807, 2.05) is 12.1 Å². The average molecular weight is 336 g/mol. The van der Waals surface area contributed by atoms with Gasteiger partial charge in [-0.2, -0.15) is 0 Å². The molecule has 25 heavy (non-hydrogen) atoms. The molecule has 3 rings (SSSR count). The van der Waals surface area contributed by atoms with Gasteiger partial charge in [0.2, 0.25) is 0 Å². The summed E-state index contributed by atoms with van der Waals surface area (Å²) in [4.78, 5) is 10.9. The van der Waals surface area contributed by atoms with E-state index in [4.69, 9.17) is 5.11 Å². The minimum Gasteiger partial charge on any atom is -0.478 e. The van der Waals surface area contributed by atoms with Crippen molar-refractivity contribution in [2.24, 2.45) is 0 Å². The topological polar surface area (TPSA) is 37.3 Å². The number of carboxylic acid groups (broad SMARTS) is 1. The summed E-state index contributed by atoms with van der Waals surface area (Å²) in [6, 6.07) is 14.2. The van der Waals surface area contributed by atoms with Crippen LogP contribution in [-0.4, -0.2) is 11.1 Å². The van der Waals surface area contributed by atoms with Gasteiger partial charge >= 0.3 is 5.97 Å². The molecule has 0 unspecified atom stereocenters. The van der Waals surface area contributed by atoms with E-state index in [9.17, 15) is 4.79 Å². The Balaban J connectivity index is 1.79. The van der Waals surface area contributed by atoms with Gasteiger partial charge in [-0.25, -0.2) is 4.79 Å². The van der Waals surface area contributed by atoms with E-state index in [0.717, 1.165) is 12.8 Å². The third-order valence-electron chi connectivity index (χ3n) is 5.82. The van der Waals surface area contributed by atoms with Crippen molar-refractivity contribution in [2.75, 3.05) is 0 Å². The highest BCUT2D eigenvalue weighted by Crippen LogP contribution is 2.45. The highest BCUT2D eigenvalue weighted by Gasteiger charge is 2.36. The van der Waals surface area contributed by atoms with Gasteiger partial charge in [-0.05, 0) is 70.9 Å². The summed E-state index contributed by atoms with van der Waals surface area (Å²) in [7, 11) is 0. The lowest BCUT2D eigenvalue weighted by Gasteiger charge is -2.42. The molecule has 132 valence electrons. The van der Waals surface area contributed by atoms with Gasteiger partial charge < -0.3 is 5.11 Å². The van der Waals surface area contributed by atoms with Gasteiger partial charge in [-0.15, -0.1) is 0 Å². The fourth-order valence-electron chi connectivity index (χ4n) is 3.89. The van der Waals surface area contributed by atoms with Crippen molar-refractivity contribution in [3.8, 4) is 0 Å². The number of benzene rings is 2. The smallest absolute Gasteiger partial charge is 0.335 e. The lowest BCUT2D eigenvalue weighted by Crippen LogP contribution is -2.33. The van der Waals surface area contributed by atoms with Crippen molar-refractivity contribution in [1.29, 1.82) is 0 Å². The van der Waals surface area contributed by atoms with E-state index in [1.165, 1.54) is 35.1 Å². The lowest BCUT2D eigenvalue weighted by atomic mass is 9.63. The second kappa shape index (κ2) is 6.33. The fourth-order valence-corrected chi connectivity index (χ4v) is 3.89. The maximum Gasteiger partial charge on any atom is 0.335 e. The zero-order valence-electron chi connectivity index (χ0n) is 15.7. The van der Waals surface area contributed by atoms with Crippen molar-refractivity contribution in [3.05, 3.63) is 70.3 Å². The standard InChI is InChI=1S/C23H28O2/c1-22(2)13-14-23(3,4)20-15-17(9-12-19(20)22)6-5-16-7-10-18(11-8-16)21(24)25/h7-12,15H,5-6,13-14H2,1-4H3,(H,24,25). The first-order valence-electron chi connectivity index (χ1n) is 9.15. The largest absolute Gasteiger partial charge is 0.478 e. The van der Waals surface area contributed by atoms with E-state index >= 15 is 0 Å². The molecule has 0 saturated carbocycles. The normalized spacial score (nSPS) is 17.8. The summed E-state index contributed by atoms with van der Waals surface area (Å²) in [5, 5.41) is 8.99. The summed E-state index contributed by atoms with van der Waals surface area (Å²) in [6.45, 7) is 9.42. The van der Waals surface area contributed by atoms with Crippen molar-refractivity contribution in [3.63, 3.8) is 0 Å². The molecule has 0 radical (unpaired) electrons. The molecule has 0 bridgehead atoms. The number of fused-ring (bicyclic) bond motifs is 1. The maximum absolute atomic E-state index is 10.9. The van der Waals surface area contributed by atoms with Crippen LogP contribution in [0.4, 0.5) is 0 Å². The molecule has 1 N–H and O–H groups in total. The van der Waals surface area contributed by atoms with Crippen LogP contribution in [0.25, 0.3) is 0 Å². The molecule has 0 fully saturated rings. The molecule has 0 amide bonds. The molecule has 1 aliphatic carbocycles. The van der Waals surface area contributed by atoms with Crippen LogP contribution in [0.3, 0.4) is 0 Å². The lowest BCUT2D eigenvalue weighted by molar-refractivity contribution is 0.0697. The van der Waals surface area contributed by atoms with Gasteiger partial charge in [0.25, 0.3) is 0 Å². The van der Waals surface area contributed by atoms with Crippen molar-refractivity contribution in [1.82, 2.24) is 0 Å². The van der Waals surface area contributed by atoms with Crippen LogP contribution in [-0.2, 0) is 23.7 Å². The van der Waals surface area contributed by atoms with Crippen LogP contribution in [0.1, 0.15) is 73.1 Å². The fraction of sp³-hybridized carbons (Fsp3) is 0.435. The Kier molecular flexibility index (Phi) is 4.49. The zero-order chi connectivity index (χ0) is 18.2. The molecule has 1 aliphatic rings. The van der Waals surface area contributed by atoms with E-state index < -0.39 is 5.97 Å². The van der Waals surface area contributed by atoms with Gasteiger partial charge in [-0.3, -0.25) is 0 Å². The molecule has 2 nitrogen and oxygen atoms in total. The molecular formula is C23H28O2. The Labute approximate surface area is 150 Å². The summed E-state index contributed by atoms with van der Waals surface area (Å²) >= 11 is 0. The van der Waals surface area contributed by atoms with E-state index in [1.54, 1.807) is 12.1 Å². The number of carboxylic acids is 1. The first kappa shape index (κ1) is 17.7. The molecule has 2 aromatic carbocycles. The highest BCUT2D eigenvalue weighted by atomic mass is 16.4. The molecule has 0 aromatic heterocycles. The second-order valence-electron chi connectivity index (χ2n) is 8.65. The van der Waals surface area contributed by atoms with Crippen LogP contribution in [0.15, 0.2) is 42.5 Å². The van der Waals surface area contributed by atoms with Crippen LogP contribution < -0.4 is 0 Å². The maximum atomic E-state index is 10.9. The number of aromatic carboxylic acids is 1. The third kappa shape index (κ3) is 3.63. The minimum absolute atomic E-state index is 0.240. The van der Waals surface area contributed by atoms with E-state index in [2.05, 4.69) is 45.9 Å². The molecule has 0 heterocycles. The quantitative estimate of drug-likeness (QED) is 0.798. The van der Waals surface area contributed by atoms with E-state index in [-0.39, 0.29) is 10.8 Å². The first-order valence-corrected chi connectivity index (χ1v) is 9.15. The summed E-state index contributed by atoms with van der Waals surface area (Å²) in [6.07, 6.45) is 4.38. The predicted molar refractivity (Wildman–Crippen MR) is 103 cm³/mol. The summed E-state index contributed by atoms with van der Waals surface area (Å²) < 4.78 is 0. The van der Waals surface area contributed by atoms with Crippen LogP contribution in [0.2, 0.25) is 0 Å². The third-order valence-corrected chi connectivity index (χ3v) is 5.82. The Morgan fingerprint density at radius 3 is 1.96 bits per heavy atom. The zero-order valence-corrected chi connectivity index (χ0v) is 15.7. The van der Waals surface area contributed by atoms with Crippen LogP contribution in [0.5, 0.6) is 0 Å². The number of aryl methyl sites for hydroxylation is 2. The molecule has 0 saturated heterocycles. The minimum atomic E-state index is -0.869. The van der Waals surface area contributed by atoms with Crippen LogP contribution in [0, 0.1) is 0 Å². The molecule has 0 atom stereocenters. The van der Waals surface area contributed by atoms with Crippen molar-refractivity contribution < 1.29 is 9.90 Å². The van der Waals surface area contributed by atoms with Gasteiger partial charge in [0.15, 0.2) is 0 Å². The Morgan fingerprint density at radius 1 is 0.840 bits per heavy atom. The summed E-state index contributed by atoms with van der Waals surface area (Å²) in [5.74, 6) is -0.869. The Hall–Kier alpha value is -2.09. The number of carbonyl (C=O) groups is 1. The number of rotatable bonds is 4. The average Bonchev–Trinajstić information content (AvgIpc) is 2.57. The van der Waals surface area contributed by atoms with Crippen LogP contribution >= 0.6 is 0 Å². The Morgan fingerprint density at radius 2 is 1.36 bits per heavy atom.